The summed E-state index contributed by atoms with van der Waals surface area (Å²) < 4.78 is 0. The Morgan fingerprint density at radius 1 is 0.688 bits per heavy atom. The molecule has 0 saturated heterocycles. The lowest BCUT2D eigenvalue weighted by Crippen LogP contribution is -2.02. The van der Waals surface area contributed by atoms with Gasteiger partial charge in [-0.2, -0.15) is 0 Å². The fourth-order valence-electron chi connectivity index (χ4n) is 1.72. The first kappa shape index (κ1) is 10.5. The number of hydrogen-bond donors (Lipinski definition) is 2. The van der Waals surface area contributed by atoms with Crippen LogP contribution in [0.3, 0.4) is 0 Å². The van der Waals surface area contributed by atoms with Crippen molar-refractivity contribution in [1.29, 1.82) is 0 Å². The van der Waals surface area contributed by atoms with Gasteiger partial charge in [0.2, 0.25) is 0 Å². The predicted molar refractivity (Wildman–Crippen MR) is 67.6 cm³/mol. The van der Waals surface area contributed by atoms with Crippen molar-refractivity contribution in [3.63, 3.8) is 0 Å². The first-order chi connectivity index (χ1) is 7.93. The standard InChI is InChI=1S/C13H9N.H4N2/c1-3-7-12-10(5-1)9-11-6-2-4-8-13(11)14-12;1-2/h1-9H;1-2H2. The molecule has 0 saturated carbocycles. The van der Waals surface area contributed by atoms with E-state index in [1.807, 2.05) is 36.4 Å². The van der Waals surface area contributed by atoms with Crippen LogP contribution < -0.4 is 11.7 Å². The van der Waals surface area contributed by atoms with Gasteiger partial charge in [-0.1, -0.05) is 36.4 Å². The van der Waals surface area contributed by atoms with Crippen molar-refractivity contribution in [2.24, 2.45) is 11.7 Å². The molecule has 2 aromatic carbocycles. The summed E-state index contributed by atoms with van der Waals surface area (Å²) >= 11 is 0. The Morgan fingerprint density at radius 3 is 1.62 bits per heavy atom. The van der Waals surface area contributed by atoms with Crippen molar-refractivity contribution in [2.75, 3.05) is 0 Å². The van der Waals surface area contributed by atoms with E-state index in [0.29, 0.717) is 0 Å². The largest absolute Gasteiger partial charge is 0.274 e. The summed E-state index contributed by atoms with van der Waals surface area (Å²) in [6, 6.07) is 18.6. The van der Waals surface area contributed by atoms with Gasteiger partial charge in [0.25, 0.3) is 0 Å². The molecule has 0 aliphatic heterocycles. The molecular weight excluding hydrogens is 198 g/mol. The van der Waals surface area contributed by atoms with Gasteiger partial charge in [0, 0.05) is 10.8 Å². The number of nitrogens with zero attached hydrogens (tertiary/aromatic N) is 1. The Labute approximate surface area is 93.7 Å². The number of aromatic nitrogens is 1. The second-order valence-corrected chi connectivity index (χ2v) is 3.37. The molecule has 0 bridgehead atoms. The highest BCUT2D eigenvalue weighted by atomic mass is 15.0. The van der Waals surface area contributed by atoms with Crippen LogP contribution in [0.1, 0.15) is 0 Å². The van der Waals surface area contributed by atoms with Crippen LogP contribution in [0.25, 0.3) is 21.8 Å². The van der Waals surface area contributed by atoms with E-state index in [1.54, 1.807) is 0 Å². The average Bonchev–Trinajstić information content (AvgIpc) is 2.38. The zero-order valence-corrected chi connectivity index (χ0v) is 8.80. The van der Waals surface area contributed by atoms with Gasteiger partial charge in [-0.15, -0.1) is 0 Å². The molecule has 0 fully saturated rings. The van der Waals surface area contributed by atoms with Crippen LogP contribution >= 0.6 is 0 Å². The van der Waals surface area contributed by atoms with Gasteiger partial charge in [0.1, 0.15) is 0 Å². The summed E-state index contributed by atoms with van der Waals surface area (Å²) in [5, 5.41) is 2.40. The maximum Gasteiger partial charge on any atom is 0.0709 e. The van der Waals surface area contributed by atoms with E-state index >= 15 is 0 Å². The lowest BCUT2D eigenvalue weighted by molar-refractivity contribution is 1.26. The summed E-state index contributed by atoms with van der Waals surface area (Å²) in [6.07, 6.45) is 0. The Kier molecular flexibility index (Phi) is 3.10. The Hall–Kier alpha value is -1.97. The van der Waals surface area contributed by atoms with Crippen molar-refractivity contribution in [3.05, 3.63) is 54.6 Å². The molecular formula is C13H13N3. The van der Waals surface area contributed by atoms with E-state index in [9.17, 15) is 0 Å². The Morgan fingerprint density at radius 2 is 1.12 bits per heavy atom. The molecule has 3 nitrogen and oxygen atoms in total. The first-order valence-corrected chi connectivity index (χ1v) is 5.01. The highest BCUT2D eigenvalue weighted by Crippen LogP contribution is 2.18. The van der Waals surface area contributed by atoms with Gasteiger partial charge < -0.3 is 0 Å². The minimum absolute atomic E-state index is 1.06. The number of nitrogens with two attached hydrogens (primary N) is 2. The van der Waals surface area contributed by atoms with Crippen molar-refractivity contribution < 1.29 is 0 Å². The monoisotopic (exact) mass is 211 g/mol. The molecule has 0 radical (unpaired) electrons. The molecule has 0 aliphatic carbocycles. The molecule has 3 aromatic rings. The molecule has 1 aromatic heterocycles. The molecule has 16 heavy (non-hydrogen) atoms. The zero-order chi connectivity index (χ0) is 11.4. The van der Waals surface area contributed by atoms with E-state index in [2.05, 4.69) is 34.9 Å². The number of pyridine rings is 1. The van der Waals surface area contributed by atoms with E-state index in [4.69, 9.17) is 0 Å². The third-order valence-electron chi connectivity index (χ3n) is 2.43. The molecule has 0 aliphatic rings. The molecule has 0 spiro atoms. The number of benzene rings is 2. The van der Waals surface area contributed by atoms with Crippen LogP contribution in [0, 0.1) is 0 Å². The highest BCUT2D eigenvalue weighted by Gasteiger charge is 1.96. The van der Waals surface area contributed by atoms with Crippen LogP contribution in [-0.4, -0.2) is 4.98 Å². The fraction of sp³-hybridized carbons (Fsp3) is 0. The van der Waals surface area contributed by atoms with Crippen LogP contribution in [-0.2, 0) is 0 Å². The molecule has 4 N–H and O–H groups in total. The summed E-state index contributed by atoms with van der Waals surface area (Å²) in [7, 11) is 0. The minimum atomic E-state index is 1.06. The second-order valence-electron chi connectivity index (χ2n) is 3.37. The maximum absolute atomic E-state index is 4.58. The average molecular weight is 211 g/mol. The summed E-state index contributed by atoms with van der Waals surface area (Å²) in [6.45, 7) is 0. The van der Waals surface area contributed by atoms with E-state index in [0.717, 1.165) is 11.0 Å². The van der Waals surface area contributed by atoms with Gasteiger partial charge in [0.15, 0.2) is 0 Å². The molecule has 1 heterocycles. The topological polar surface area (TPSA) is 64.9 Å². The lowest BCUT2D eigenvalue weighted by atomic mass is 10.1. The van der Waals surface area contributed by atoms with Crippen molar-refractivity contribution >= 4 is 21.8 Å². The summed E-state index contributed by atoms with van der Waals surface area (Å²) in [5.41, 5.74) is 2.12. The zero-order valence-electron chi connectivity index (χ0n) is 8.80. The summed E-state index contributed by atoms with van der Waals surface area (Å²) in [5.74, 6) is 8.00. The van der Waals surface area contributed by atoms with Crippen LogP contribution in [0.5, 0.6) is 0 Å². The normalized spacial score (nSPS) is 9.88. The molecule has 0 amide bonds. The molecule has 0 unspecified atom stereocenters. The number of fused-ring (bicyclic) bond motifs is 2. The predicted octanol–water partition coefficient (Wildman–Crippen LogP) is 2.21. The first-order valence-electron chi connectivity index (χ1n) is 5.01. The molecule has 3 heteroatoms. The van der Waals surface area contributed by atoms with E-state index in [-0.39, 0.29) is 0 Å². The SMILES string of the molecule is NN.c1ccc2nc3ccccc3cc2c1. The summed E-state index contributed by atoms with van der Waals surface area (Å²) in [4.78, 5) is 4.58. The lowest BCUT2D eigenvalue weighted by Gasteiger charge is -1.99. The highest BCUT2D eigenvalue weighted by molar-refractivity contribution is 5.92. The molecule has 3 rings (SSSR count). The minimum Gasteiger partial charge on any atom is -0.274 e. The third-order valence-corrected chi connectivity index (χ3v) is 2.43. The Bertz CT molecular complexity index is 500. The van der Waals surface area contributed by atoms with Gasteiger partial charge in [-0.05, 0) is 18.2 Å². The smallest absolute Gasteiger partial charge is 0.0709 e. The van der Waals surface area contributed by atoms with Crippen LogP contribution in [0.15, 0.2) is 54.6 Å². The third kappa shape index (κ3) is 1.86. The van der Waals surface area contributed by atoms with Gasteiger partial charge in [0.05, 0.1) is 11.0 Å². The van der Waals surface area contributed by atoms with Crippen LogP contribution in [0.4, 0.5) is 0 Å². The van der Waals surface area contributed by atoms with E-state index in [1.165, 1.54) is 10.8 Å². The molecule has 0 atom stereocenters. The quantitative estimate of drug-likeness (QED) is 0.340. The Balaban J connectivity index is 0.000000457. The number of para-hydroxylation sites is 2. The van der Waals surface area contributed by atoms with Crippen molar-refractivity contribution in [2.45, 2.75) is 0 Å². The number of hydrogen-bond acceptors (Lipinski definition) is 3. The maximum atomic E-state index is 4.58. The second kappa shape index (κ2) is 4.70. The van der Waals surface area contributed by atoms with Crippen LogP contribution in [0.2, 0.25) is 0 Å². The molecule has 80 valence electrons. The fourth-order valence-corrected chi connectivity index (χ4v) is 1.72. The van der Waals surface area contributed by atoms with E-state index < -0.39 is 0 Å². The van der Waals surface area contributed by atoms with Gasteiger partial charge in [-0.3, -0.25) is 11.7 Å². The number of hydrazine groups is 1. The number of rotatable bonds is 0. The van der Waals surface area contributed by atoms with Gasteiger partial charge in [-0.25, -0.2) is 4.98 Å². The van der Waals surface area contributed by atoms with Gasteiger partial charge >= 0.3 is 0 Å². The van der Waals surface area contributed by atoms with Crippen molar-refractivity contribution in [3.8, 4) is 0 Å². The van der Waals surface area contributed by atoms with Crippen molar-refractivity contribution in [1.82, 2.24) is 4.98 Å².